The summed E-state index contributed by atoms with van der Waals surface area (Å²) in [5.41, 5.74) is 2.09. The Kier molecular flexibility index (Phi) is 5.69. The largest absolute Gasteiger partial charge is 0.573 e. The highest BCUT2D eigenvalue weighted by molar-refractivity contribution is 6.29. The van der Waals surface area contributed by atoms with E-state index in [9.17, 15) is 17.6 Å². The first-order valence-corrected chi connectivity index (χ1v) is 8.46. The number of hydrogen-bond donors (Lipinski definition) is 0. The fraction of sp³-hybridized carbons (Fsp3) is 0.158. The van der Waals surface area contributed by atoms with E-state index in [2.05, 4.69) is 14.8 Å². The summed E-state index contributed by atoms with van der Waals surface area (Å²) in [7, 11) is 0. The van der Waals surface area contributed by atoms with Crippen LogP contribution < -0.4 is 4.74 Å². The van der Waals surface area contributed by atoms with Crippen molar-refractivity contribution >= 4 is 23.5 Å². The van der Waals surface area contributed by atoms with Crippen LogP contribution in [-0.4, -0.2) is 21.1 Å². The Hall–Kier alpha value is -2.87. The van der Waals surface area contributed by atoms with Gasteiger partial charge < -0.3 is 4.74 Å². The smallest absolute Gasteiger partial charge is 0.406 e. The second kappa shape index (κ2) is 8.02. The zero-order chi connectivity index (χ0) is 20.3. The molecule has 0 atom stereocenters. The molecule has 0 N–H and O–H groups in total. The second-order valence-corrected chi connectivity index (χ2v) is 6.31. The summed E-state index contributed by atoms with van der Waals surface area (Å²) in [4.78, 5) is 3.99. The quantitative estimate of drug-likeness (QED) is 0.402. The van der Waals surface area contributed by atoms with E-state index in [-0.39, 0.29) is 11.4 Å². The molecule has 28 heavy (non-hydrogen) atoms. The van der Waals surface area contributed by atoms with Gasteiger partial charge in [-0.3, -0.25) is 4.68 Å². The lowest BCUT2D eigenvalue weighted by Crippen LogP contribution is -2.16. The minimum atomic E-state index is -4.77. The van der Waals surface area contributed by atoms with Crippen LogP contribution in [0.2, 0.25) is 5.15 Å². The molecule has 146 valence electrons. The highest BCUT2D eigenvalue weighted by Crippen LogP contribution is 2.25. The Labute approximate surface area is 163 Å². The van der Waals surface area contributed by atoms with E-state index in [1.807, 2.05) is 0 Å². The summed E-state index contributed by atoms with van der Waals surface area (Å²) in [6, 6.07) is 9.91. The molecule has 3 rings (SSSR count). The van der Waals surface area contributed by atoms with E-state index in [0.717, 1.165) is 23.4 Å². The first-order valence-electron chi connectivity index (χ1n) is 8.08. The van der Waals surface area contributed by atoms with E-state index in [4.69, 9.17) is 11.6 Å². The summed E-state index contributed by atoms with van der Waals surface area (Å²) in [6.07, 6.45) is -1.97. The van der Waals surface area contributed by atoms with Crippen molar-refractivity contribution in [1.82, 2.24) is 14.8 Å². The van der Waals surface area contributed by atoms with Gasteiger partial charge in [0, 0.05) is 11.9 Å². The molecule has 0 bridgehead atoms. The first-order chi connectivity index (χ1) is 13.2. The number of aromatic nitrogens is 3. The molecule has 0 fully saturated rings. The van der Waals surface area contributed by atoms with Crippen LogP contribution in [0.1, 0.15) is 22.5 Å². The van der Waals surface area contributed by atoms with Crippen LogP contribution in [0.5, 0.6) is 5.75 Å². The van der Waals surface area contributed by atoms with Crippen molar-refractivity contribution in [2.24, 2.45) is 0 Å². The number of aryl methyl sites for hydroxylation is 1. The van der Waals surface area contributed by atoms with Crippen LogP contribution in [0, 0.1) is 6.92 Å². The molecule has 0 amide bonds. The van der Waals surface area contributed by atoms with Crippen LogP contribution in [-0.2, 0) is 6.54 Å². The molecule has 0 unspecified atom stereocenters. The van der Waals surface area contributed by atoms with Crippen LogP contribution in [0.25, 0.3) is 11.9 Å². The SMILES string of the molecule is Cc1cc(/C(F)=C/c2ccc(OC(F)(F)F)cc2)nn1Cc1ccc(Cl)nc1. The third-order valence-electron chi connectivity index (χ3n) is 3.75. The maximum atomic E-state index is 14.5. The van der Waals surface area contributed by atoms with Crippen LogP contribution in [0.15, 0.2) is 48.7 Å². The Morgan fingerprint density at radius 1 is 1.18 bits per heavy atom. The number of ether oxygens (including phenoxy) is 1. The van der Waals surface area contributed by atoms with Crippen LogP contribution in [0.3, 0.4) is 0 Å². The van der Waals surface area contributed by atoms with Gasteiger partial charge in [-0.15, -0.1) is 13.2 Å². The number of alkyl halides is 3. The van der Waals surface area contributed by atoms with Crippen LogP contribution >= 0.6 is 11.6 Å². The zero-order valence-electron chi connectivity index (χ0n) is 14.5. The maximum absolute atomic E-state index is 14.5. The molecule has 0 spiro atoms. The Morgan fingerprint density at radius 3 is 2.50 bits per heavy atom. The van der Waals surface area contributed by atoms with Crippen molar-refractivity contribution < 1.29 is 22.3 Å². The average molecular weight is 412 g/mol. The minimum absolute atomic E-state index is 0.120. The topological polar surface area (TPSA) is 39.9 Å². The standard InChI is InChI=1S/C19H14ClF4N3O/c1-12-8-17(26-27(12)11-14-4-7-18(20)25-10-14)16(21)9-13-2-5-15(6-3-13)28-19(22,23)24/h2-10H,11H2,1H3/b16-9-. The van der Waals surface area contributed by atoms with Gasteiger partial charge in [0.15, 0.2) is 5.83 Å². The number of hydrogen-bond acceptors (Lipinski definition) is 3. The molecule has 2 heterocycles. The Morgan fingerprint density at radius 2 is 1.89 bits per heavy atom. The summed E-state index contributed by atoms with van der Waals surface area (Å²) >= 11 is 5.76. The van der Waals surface area contributed by atoms with Crippen LogP contribution in [0.4, 0.5) is 17.6 Å². The molecule has 0 saturated heterocycles. The van der Waals surface area contributed by atoms with E-state index in [1.165, 1.54) is 18.2 Å². The number of pyridine rings is 1. The van der Waals surface area contributed by atoms with E-state index in [1.54, 1.807) is 36.0 Å². The fourth-order valence-electron chi connectivity index (χ4n) is 2.45. The van der Waals surface area contributed by atoms with Gasteiger partial charge in [-0.05, 0) is 48.4 Å². The van der Waals surface area contributed by atoms with E-state index < -0.39 is 12.2 Å². The zero-order valence-corrected chi connectivity index (χ0v) is 15.3. The van der Waals surface area contributed by atoms with Gasteiger partial charge in [0.2, 0.25) is 0 Å². The third-order valence-corrected chi connectivity index (χ3v) is 3.98. The van der Waals surface area contributed by atoms with Gasteiger partial charge in [0.1, 0.15) is 16.6 Å². The summed E-state index contributed by atoms with van der Waals surface area (Å²) in [5, 5.41) is 4.61. The molecule has 4 nitrogen and oxygen atoms in total. The molecule has 9 heteroatoms. The summed E-state index contributed by atoms with van der Waals surface area (Å²) in [5.74, 6) is -0.984. The predicted octanol–water partition coefficient (Wildman–Crippen LogP) is 5.65. The summed E-state index contributed by atoms with van der Waals surface area (Å²) in [6.45, 7) is 2.18. The lowest BCUT2D eigenvalue weighted by Gasteiger charge is -2.08. The molecule has 0 aliphatic carbocycles. The van der Waals surface area contributed by atoms with Crippen molar-refractivity contribution in [3.05, 3.63) is 76.3 Å². The van der Waals surface area contributed by atoms with E-state index in [0.29, 0.717) is 17.3 Å². The molecule has 1 aromatic carbocycles. The van der Waals surface area contributed by atoms with Gasteiger partial charge in [-0.2, -0.15) is 5.10 Å². The maximum Gasteiger partial charge on any atom is 0.573 e. The fourth-order valence-corrected chi connectivity index (χ4v) is 2.56. The molecule has 0 saturated carbocycles. The molecule has 2 aromatic heterocycles. The van der Waals surface area contributed by atoms with Gasteiger partial charge in [-0.1, -0.05) is 29.8 Å². The molecule has 0 aliphatic rings. The number of benzene rings is 1. The Balaban J connectivity index is 1.75. The van der Waals surface area contributed by atoms with Crippen molar-refractivity contribution in [1.29, 1.82) is 0 Å². The molecule has 3 aromatic rings. The lowest BCUT2D eigenvalue weighted by molar-refractivity contribution is -0.274. The van der Waals surface area contributed by atoms with Gasteiger partial charge in [0.25, 0.3) is 0 Å². The number of nitrogens with zero attached hydrogens (tertiary/aromatic N) is 3. The Bertz CT molecular complexity index is 980. The van der Waals surface area contributed by atoms with Gasteiger partial charge in [0.05, 0.1) is 6.54 Å². The molecule has 0 aliphatic heterocycles. The lowest BCUT2D eigenvalue weighted by atomic mass is 10.2. The van der Waals surface area contributed by atoms with Crippen molar-refractivity contribution in [3.8, 4) is 5.75 Å². The van der Waals surface area contributed by atoms with Gasteiger partial charge >= 0.3 is 6.36 Å². The molecular weight excluding hydrogens is 398 g/mol. The van der Waals surface area contributed by atoms with Crippen molar-refractivity contribution in [2.45, 2.75) is 19.8 Å². The predicted molar refractivity (Wildman–Crippen MR) is 97.4 cm³/mol. The summed E-state index contributed by atoms with van der Waals surface area (Å²) < 4.78 is 56.4. The van der Waals surface area contributed by atoms with Gasteiger partial charge in [-0.25, -0.2) is 9.37 Å². The second-order valence-electron chi connectivity index (χ2n) is 5.93. The number of rotatable bonds is 5. The highest BCUT2D eigenvalue weighted by atomic mass is 35.5. The van der Waals surface area contributed by atoms with Crippen molar-refractivity contribution in [3.63, 3.8) is 0 Å². The number of halogens is 5. The third kappa shape index (κ3) is 5.32. The molecular formula is C19H14ClF4N3O. The normalized spacial score (nSPS) is 12.3. The average Bonchev–Trinajstić information content (AvgIpc) is 2.98. The first kappa shape index (κ1) is 19.9. The van der Waals surface area contributed by atoms with E-state index >= 15 is 0 Å². The highest BCUT2D eigenvalue weighted by Gasteiger charge is 2.30. The monoisotopic (exact) mass is 411 g/mol. The van der Waals surface area contributed by atoms with Crippen molar-refractivity contribution in [2.75, 3.05) is 0 Å². The molecule has 0 radical (unpaired) electrons. The minimum Gasteiger partial charge on any atom is -0.406 e.